The lowest BCUT2D eigenvalue weighted by Crippen LogP contribution is -2.14. The Bertz CT molecular complexity index is 823. The number of carbonyl (C=O) groups excluding carboxylic acids is 1. The molecule has 1 amide bonds. The number of rotatable bonds is 8. The SMILES string of the molecule is COc1cc(C(=O)Nc2ccc(OCC(=O)O)cc2C)cc(OC)c1OC. The number of amides is 1. The normalized spacial score (nSPS) is 10.1. The highest BCUT2D eigenvalue weighted by Crippen LogP contribution is 2.38. The number of carboxylic acids is 1. The smallest absolute Gasteiger partial charge is 0.341 e. The summed E-state index contributed by atoms with van der Waals surface area (Å²) in [7, 11) is 4.43. The predicted molar refractivity (Wildman–Crippen MR) is 98.4 cm³/mol. The van der Waals surface area contributed by atoms with Crippen LogP contribution in [0.2, 0.25) is 0 Å². The number of anilines is 1. The van der Waals surface area contributed by atoms with E-state index >= 15 is 0 Å². The number of benzene rings is 2. The second-order valence-corrected chi connectivity index (χ2v) is 5.53. The Morgan fingerprint density at radius 3 is 2.11 bits per heavy atom. The van der Waals surface area contributed by atoms with E-state index in [1.54, 1.807) is 37.3 Å². The zero-order chi connectivity index (χ0) is 20.0. The number of methoxy groups -OCH3 is 3. The molecule has 0 aliphatic carbocycles. The van der Waals surface area contributed by atoms with Crippen LogP contribution in [0.15, 0.2) is 30.3 Å². The van der Waals surface area contributed by atoms with Gasteiger partial charge in [0.05, 0.1) is 21.3 Å². The second-order valence-electron chi connectivity index (χ2n) is 5.53. The Morgan fingerprint density at radius 2 is 1.63 bits per heavy atom. The van der Waals surface area contributed by atoms with E-state index in [-0.39, 0.29) is 5.91 Å². The van der Waals surface area contributed by atoms with Crippen molar-refractivity contribution in [3.05, 3.63) is 41.5 Å². The average molecular weight is 375 g/mol. The monoisotopic (exact) mass is 375 g/mol. The van der Waals surface area contributed by atoms with Crippen LogP contribution in [0.4, 0.5) is 5.69 Å². The molecule has 8 nitrogen and oxygen atoms in total. The van der Waals surface area contributed by atoms with Gasteiger partial charge in [0.15, 0.2) is 18.1 Å². The van der Waals surface area contributed by atoms with E-state index in [0.29, 0.717) is 34.2 Å². The molecule has 144 valence electrons. The quantitative estimate of drug-likeness (QED) is 0.731. The van der Waals surface area contributed by atoms with E-state index in [1.165, 1.54) is 21.3 Å². The van der Waals surface area contributed by atoms with Gasteiger partial charge in [0.25, 0.3) is 5.91 Å². The highest BCUT2D eigenvalue weighted by Gasteiger charge is 2.17. The molecule has 2 rings (SSSR count). The van der Waals surface area contributed by atoms with Crippen LogP contribution >= 0.6 is 0 Å². The maximum atomic E-state index is 12.6. The summed E-state index contributed by atoms with van der Waals surface area (Å²) in [6, 6.07) is 7.98. The van der Waals surface area contributed by atoms with Crippen LogP contribution in [-0.2, 0) is 4.79 Å². The lowest BCUT2D eigenvalue weighted by atomic mass is 10.1. The molecular formula is C19H21NO7. The molecule has 0 aliphatic rings. The Balaban J connectivity index is 2.23. The van der Waals surface area contributed by atoms with Crippen molar-refractivity contribution in [1.29, 1.82) is 0 Å². The maximum Gasteiger partial charge on any atom is 0.341 e. The molecule has 2 N–H and O–H groups in total. The molecule has 0 saturated heterocycles. The number of hydrogen-bond donors (Lipinski definition) is 2. The average Bonchev–Trinajstić information content (AvgIpc) is 2.66. The predicted octanol–water partition coefficient (Wildman–Crippen LogP) is 2.74. The van der Waals surface area contributed by atoms with E-state index in [4.69, 9.17) is 24.1 Å². The van der Waals surface area contributed by atoms with Crippen LogP contribution in [0.25, 0.3) is 0 Å². The molecule has 0 aromatic heterocycles. The van der Waals surface area contributed by atoms with Crippen molar-refractivity contribution in [2.45, 2.75) is 6.92 Å². The van der Waals surface area contributed by atoms with Gasteiger partial charge in [-0.25, -0.2) is 4.79 Å². The Labute approximate surface area is 156 Å². The first-order valence-electron chi connectivity index (χ1n) is 7.96. The van der Waals surface area contributed by atoms with E-state index in [2.05, 4.69) is 5.32 Å². The molecule has 0 fully saturated rings. The van der Waals surface area contributed by atoms with Gasteiger partial charge in [-0.05, 0) is 42.8 Å². The summed E-state index contributed by atoms with van der Waals surface area (Å²) in [5.74, 6) is 0.115. The molecule has 0 radical (unpaired) electrons. The van der Waals surface area contributed by atoms with Crippen LogP contribution in [0.3, 0.4) is 0 Å². The number of aliphatic carboxylic acids is 1. The first-order chi connectivity index (χ1) is 12.9. The van der Waals surface area contributed by atoms with Crippen molar-refractivity contribution in [3.8, 4) is 23.0 Å². The molecule has 0 atom stereocenters. The number of nitrogens with one attached hydrogen (secondary N) is 1. The van der Waals surface area contributed by atoms with Crippen molar-refractivity contribution in [3.63, 3.8) is 0 Å². The van der Waals surface area contributed by atoms with E-state index in [9.17, 15) is 9.59 Å². The minimum atomic E-state index is -1.06. The fraction of sp³-hybridized carbons (Fsp3) is 0.263. The Morgan fingerprint density at radius 1 is 1.00 bits per heavy atom. The van der Waals surface area contributed by atoms with E-state index in [1.807, 2.05) is 0 Å². The molecule has 2 aromatic carbocycles. The molecule has 0 heterocycles. The summed E-state index contributed by atoms with van der Waals surface area (Å²) >= 11 is 0. The van der Waals surface area contributed by atoms with Gasteiger partial charge < -0.3 is 29.4 Å². The molecule has 0 bridgehead atoms. The number of ether oxygens (including phenoxy) is 4. The van der Waals surface area contributed by atoms with Gasteiger partial charge in [-0.3, -0.25) is 4.79 Å². The lowest BCUT2D eigenvalue weighted by molar-refractivity contribution is -0.139. The zero-order valence-corrected chi connectivity index (χ0v) is 15.5. The maximum absolute atomic E-state index is 12.6. The minimum Gasteiger partial charge on any atom is -0.493 e. The molecule has 0 unspecified atom stereocenters. The van der Waals surface area contributed by atoms with Crippen molar-refractivity contribution < 1.29 is 33.6 Å². The number of aryl methyl sites for hydroxylation is 1. The summed E-state index contributed by atoms with van der Waals surface area (Å²) < 4.78 is 20.9. The zero-order valence-electron chi connectivity index (χ0n) is 15.5. The minimum absolute atomic E-state index is 0.329. The molecule has 0 saturated carbocycles. The van der Waals surface area contributed by atoms with Crippen molar-refractivity contribution >= 4 is 17.6 Å². The van der Waals surface area contributed by atoms with Crippen molar-refractivity contribution in [1.82, 2.24) is 0 Å². The highest BCUT2D eigenvalue weighted by atomic mass is 16.5. The Hall–Kier alpha value is -3.42. The summed E-state index contributed by atoms with van der Waals surface area (Å²) in [6.45, 7) is 1.34. The molecular weight excluding hydrogens is 354 g/mol. The van der Waals surface area contributed by atoms with Crippen LogP contribution in [0, 0.1) is 6.92 Å². The third-order valence-electron chi connectivity index (χ3n) is 3.74. The number of carbonyl (C=O) groups is 2. The fourth-order valence-corrected chi connectivity index (χ4v) is 2.42. The van der Waals surface area contributed by atoms with Gasteiger partial charge in [0.2, 0.25) is 5.75 Å². The highest BCUT2D eigenvalue weighted by molar-refractivity contribution is 6.05. The molecule has 8 heteroatoms. The second kappa shape index (κ2) is 8.79. The third-order valence-corrected chi connectivity index (χ3v) is 3.74. The van der Waals surface area contributed by atoms with E-state index in [0.717, 1.165) is 5.56 Å². The number of carboxylic acid groups (broad SMARTS) is 1. The van der Waals surface area contributed by atoms with Crippen LogP contribution in [0.5, 0.6) is 23.0 Å². The van der Waals surface area contributed by atoms with Gasteiger partial charge in [-0.15, -0.1) is 0 Å². The van der Waals surface area contributed by atoms with Crippen molar-refractivity contribution in [2.24, 2.45) is 0 Å². The first-order valence-corrected chi connectivity index (χ1v) is 7.96. The van der Waals surface area contributed by atoms with Gasteiger partial charge >= 0.3 is 5.97 Å². The van der Waals surface area contributed by atoms with Gasteiger partial charge in [0.1, 0.15) is 5.75 Å². The molecule has 2 aromatic rings. The summed E-state index contributed by atoms with van der Waals surface area (Å²) in [5.41, 5.74) is 1.62. The van der Waals surface area contributed by atoms with Gasteiger partial charge in [-0.2, -0.15) is 0 Å². The van der Waals surface area contributed by atoms with Crippen molar-refractivity contribution in [2.75, 3.05) is 33.3 Å². The van der Waals surface area contributed by atoms with E-state index < -0.39 is 12.6 Å². The van der Waals surface area contributed by atoms with Crippen LogP contribution in [-0.4, -0.2) is 44.9 Å². The van der Waals surface area contributed by atoms with Crippen LogP contribution < -0.4 is 24.3 Å². The molecule has 0 aliphatic heterocycles. The fourth-order valence-electron chi connectivity index (χ4n) is 2.42. The third kappa shape index (κ3) is 4.81. The largest absolute Gasteiger partial charge is 0.493 e. The molecule has 27 heavy (non-hydrogen) atoms. The van der Waals surface area contributed by atoms with Gasteiger partial charge in [0, 0.05) is 11.3 Å². The standard InChI is InChI=1S/C19H21NO7/c1-11-7-13(27-10-17(21)22)5-6-14(11)20-19(23)12-8-15(24-2)18(26-4)16(9-12)25-3/h5-9H,10H2,1-4H3,(H,20,23)(H,21,22). The summed E-state index contributed by atoms with van der Waals surface area (Å²) in [6.07, 6.45) is 0. The van der Waals surface area contributed by atoms with Gasteiger partial charge in [-0.1, -0.05) is 0 Å². The van der Waals surface area contributed by atoms with Crippen LogP contribution in [0.1, 0.15) is 15.9 Å². The Kier molecular flexibility index (Phi) is 6.48. The molecule has 0 spiro atoms. The lowest BCUT2D eigenvalue weighted by Gasteiger charge is -2.15. The number of hydrogen-bond acceptors (Lipinski definition) is 6. The topological polar surface area (TPSA) is 103 Å². The first kappa shape index (κ1) is 19.9. The summed E-state index contributed by atoms with van der Waals surface area (Å²) in [5, 5.41) is 11.5. The summed E-state index contributed by atoms with van der Waals surface area (Å²) in [4.78, 5) is 23.2.